The first-order valence-electron chi connectivity index (χ1n) is 4.22. The van der Waals surface area contributed by atoms with Gasteiger partial charge < -0.3 is 11.1 Å². The Bertz CT molecular complexity index is 323. The van der Waals surface area contributed by atoms with Crippen molar-refractivity contribution in [2.24, 2.45) is 0 Å². The van der Waals surface area contributed by atoms with Crippen LogP contribution in [-0.4, -0.2) is 11.2 Å². The molecule has 0 aliphatic rings. The average molecular weight is 177 g/mol. The third-order valence-electron chi connectivity index (χ3n) is 1.89. The Balaban J connectivity index is 3.32. The highest BCUT2D eigenvalue weighted by molar-refractivity contribution is 5.85. The van der Waals surface area contributed by atoms with Gasteiger partial charge in [0.1, 0.15) is 0 Å². The molecular weight excluding hydrogens is 162 g/mol. The zero-order chi connectivity index (χ0) is 10.1. The second-order valence-electron chi connectivity index (χ2n) is 4.06. The van der Waals surface area contributed by atoms with Gasteiger partial charge in [-0.3, -0.25) is 4.98 Å². The zero-order valence-electron chi connectivity index (χ0n) is 8.26. The lowest BCUT2D eigenvalue weighted by atomic mass is 9.89. The summed E-state index contributed by atoms with van der Waals surface area (Å²) in [5.74, 6) is 0. The zero-order valence-corrected chi connectivity index (χ0v) is 8.26. The molecule has 0 aromatic carbocycles. The Morgan fingerprint density at radius 2 is 2.08 bits per heavy atom. The minimum Gasteiger partial charge on any atom is -0.397 e. The minimum atomic E-state index is -0.0664. The summed E-state index contributed by atoms with van der Waals surface area (Å²) in [5, 5.41) is 7.15. The predicted octanol–water partition coefficient (Wildman–Crippen LogP) is 1.96. The van der Waals surface area contributed by atoms with E-state index >= 15 is 0 Å². The molecule has 0 unspecified atom stereocenters. The molecule has 0 atom stereocenters. The van der Waals surface area contributed by atoms with E-state index in [1.807, 2.05) is 0 Å². The van der Waals surface area contributed by atoms with Crippen molar-refractivity contribution in [1.82, 2.24) is 4.98 Å². The van der Waals surface area contributed by atoms with E-state index in [1.54, 1.807) is 12.3 Å². The SMILES string of the molecule is CC(C)(C)c1nccc(C=N)c1N. The maximum absolute atomic E-state index is 7.15. The van der Waals surface area contributed by atoms with Gasteiger partial charge in [0, 0.05) is 23.4 Å². The van der Waals surface area contributed by atoms with Crippen LogP contribution >= 0.6 is 0 Å². The molecule has 0 saturated carbocycles. The Morgan fingerprint density at radius 3 is 2.54 bits per heavy atom. The maximum Gasteiger partial charge on any atom is 0.0692 e. The monoisotopic (exact) mass is 177 g/mol. The molecule has 3 nitrogen and oxygen atoms in total. The first-order valence-corrected chi connectivity index (χ1v) is 4.22. The van der Waals surface area contributed by atoms with E-state index in [9.17, 15) is 0 Å². The number of rotatable bonds is 1. The van der Waals surface area contributed by atoms with Crippen LogP contribution in [0, 0.1) is 5.41 Å². The molecule has 0 aliphatic carbocycles. The van der Waals surface area contributed by atoms with E-state index in [2.05, 4.69) is 25.8 Å². The minimum absolute atomic E-state index is 0.0664. The highest BCUT2D eigenvalue weighted by Crippen LogP contribution is 2.26. The number of nitrogen functional groups attached to an aromatic ring is 1. The van der Waals surface area contributed by atoms with Gasteiger partial charge in [0.2, 0.25) is 0 Å². The Hall–Kier alpha value is -1.38. The first kappa shape index (κ1) is 9.71. The molecule has 0 radical (unpaired) electrons. The molecule has 0 amide bonds. The Kier molecular flexibility index (Phi) is 2.36. The fourth-order valence-electron chi connectivity index (χ4n) is 1.21. The first-order chi connectivity index (χ1) is 5.96. The highest BCUT2D eigenvalue weighted by Gasteiger charge is 2.19. The molecule has 3 heteroatoms. The molecule has 1 rings (SSSR count). The standard InChI is InChI=1S/C10H15N3/c1-10(2,3)9-8(12)7(6-11)4-5-13-9/h4-6,11H,12H2,1-3H3. The van der Waals surface area contributed by atoms with Gasteiger partial charge in [0.15, 0.2) is 0 Å². The summed E-state index contributed by atoms with van der Waals surface area (Å²) in [4.78, 5) is 4.23. The summed E-state index contributed by atoms with van der Waals surface area (Å²) in [6, 6.07) is 1.75. The number of nitrogens with one attached hydrogen (secondary N) is 1. The van der Waals surface area contributed by atoms with Crippen molar-refractivity contribution >= 4 is 11.9 Å². The van der Waals surface area contributed by atoms with Crippen molar-refractivity contribution in [1.29, 1.82) is 5.41 Å². The van der Waals surface area contributed by atoms with Crippen molar-refractivity contribution in [2.75, 3.05) is 5.73 Å². The van der Waals surface area contributed by atoms with E-state index in [0.717, 1.165) is 11.3 Å². The van der Waals surface area contributed by atoms with Crippen LogP contribution in [0.25, 0.3) is 0 Å². The second kappa shape index (κ2) is 3.17. The average Bonchev–Trinajstić information content (AvgIpc) is 2.02. The summed E-state index contributed by atoms with van der Waals surface area (Å²) in [6.45, 7) is 6.16. The van der Waals surface area contributed by atoms with Crippen LogP contribution in [0.15, 0.2) is 12.3 Å². The van der Waals surface area contributed by atoms with Crippen LogP contribution < -0.4 is 5.73 Å². The molecular formula is C10H15N3. The summed E-state index contributed by atoms with van der Waals surface area (Å²) >= 11 is 0. The number of nitrogens with two attached hydrogens (primary N) is 1. The quantitative estimate of drug-likeness (QED) is 0.644. The van der Waals surface area contributed by atoms with Crippen LogP contribution in [0.1, 0.15) is 32.0 Å². The number of hydrogen-bond acceptors (Lipinski definition) is 3. The lowest BCUT2D eigenvalue weighted by molar-refractivity contribution is 0.571. The maximum atomic E-state index is 7.15. The molecule has 0 aliphatic heterocycles. The number of hydrogen-bond donors (Lipinski definition) is 2. The van der Waals surface area contributed by atoms with E-state index in [-0.39, 0.29) is 5.41 Å². The predicted molar refractivity (Wildman–Crippen MR) is 55.2 cm³/mol. The summed E-state index contributed by atoms with van der Waals surface area (Å²) in [7, 11) is 0. The topological polar surface area (TPSA) is 62.8 Å². The highest BCUT2D eigenvalue weighted by atomic mass is 14.8. The number of nitrogens with zero attached hydrogens (tertiary/aromatic N) is 1. The van der Waals surface area contributed by atoms with Crippen LogP contribution in [-0.2, 0) is 5.41 Å². The van der Waals surface area contributed by atoms with Crippen molar-refractivity contribution < 1.29 is 0 Å². The van der Waals surface area contributed by atoms with E-state index in [0.29, 0.717) is 5.69 Å². The molecule has 0 bridgehead atoms. The third-order valence-corrected chi connectivity index (χ3v) is 1.89. The largest absolute Gasteiger partial charge is 0.397 e. The van der Waals surface area contributed by atoms with Crippen LogP contribution in [0.3, 0.4) is 0 Å². The number of aromatic nitrogens is 1. The summed E-state index contributed by atoms with van der Waals surface area (Å²) in [5.41, 5.74) is 8.01. The van der Waals surface area contributed by atoms with Gasteiger partial charge in [-0.1, -0.05) is 20.8 Å². The molecule has 13 heavy (non-hydrogen) atoms. The molecule has 1 aromatic rings. The molecule has 70 valence electrons. The smallest absolute Gasteiger partial charge is 0.0692 e. The third kappa shape index (κ3) is 1.86. The van der Waals surface area contributed by atoms with Gasteiger partial charge in [0.25, 0.3) is 0 Å². The van der Waals surface area contributed by atoms with Gasteiger partial charge in [0.05, 0.1) is 11.4 Å². The van der Waals surface area contributed by atoms with Crippen molar-refractivity contribution in [2.45, 2.75) is 26.2 Å². The normalized spacial score (nSPS) is 11.3. The van der Waals surface area contributed by atoms with Crippen molar-refractivity contribution in [3.8, 4) is 0 Å². The fourth-order valence-corrected chi connectivity index (χ4v) is 1.21. The summed E-state index contributed by atoms with van der Waals surface area (Å²) < 4.78 is 0. The lowest BCUT2D eigenvalue weighted by Gasteiger charge is -2.20. The molecule has 3 N–H and O–H groups in total. The van der Waals surface area contributed by atoms with Crippen LogP contribution in [0.2, 0.25) is 0 Å². The molecule has 0 spiro atoms. The van der Waals surface area contributed by atoms with Crippen molar-refractivity contribution in [3.05, 3.63) is 23.5 Å². The fraction of sp³-hybridized carbons (Fsp3) is 0.400. The van der Waals surface area contributed by atoms with E-state index in [4.69, 9.17) is 11.1 Å². The Labute approximate surface area is 78.5 Å². The second-order valence-corrected chi connectivity index (χ2v) is 4.06. The Morgan fingerprint density at radius 1 is 1.46 bits per heavy atom. The van der Waals surface area contributed by atoms with Crippen LogP contribution in [0.5, 0.6) is 0 Å². The van der Waals surface area contributed by atoms with Gasteiger partial charge in [-0.2, -0.15) is 0 Å². The van der Waals surface area contributed by atoms with Gasteiger partial charge >= 0.3 is 0 Å². The lowest BCUT2D eigenvalue weighted by Crippen LogP contribution is -2.17. The van der Waals surface area contributed by atoms with Crippen molar-refractivity contribution in [3.63, 3.8) is 0 Å². The molecule has 0 saturated heterocycles. The van der Waals surface area contributed by atoms with E-state index in [1.165, 1.54) is 6.21 Å². The number of pyridine rings is 1. The number of anilines is 1. The van der Waals surface area contributed by atoms with Gasteiger partial charge in [-0.15, -0.1) is 0 Å². The molecule has 1 heterocycles. The van der Waals surface area contributed by atoms with Crippen LogP contribution in [0.4, 0.5) is 5.69 Å². The molecule has 0 fully saturated rings. The summed E-state index contributed by atoms with van der Waals surface area (Å²) in [6.07, 6.45) is 2.95. The van der Waals surface area contributed by atoms with Gasteiger partial charge in [-0.25, -0.2) is 0 Å². The van der Waals surface area contributed by atoms with Gasteiger partial charge in [-0.05, 0) is 6.07 Å². The van der Waals surface area contributed by atoms with E-state index < -0.39 is 0 Å². The molecule has 1 aromatic heterocycles.